The van der Waals surface area contributed by atoms with Crippen LogP contribution in [0, 0.1) is 5.92 Å². The summed E-state index contributed by atoms with van der Waals surface area (Å²) in [5.74, 6) is -2.94. The summed E-state index contributed by atoms with van der Waals surface area (Å²) in [5.41, 5.74) is 4.61. The number of carbonyl (C=O) groups excluding carboxylic acids is 2. The molecule has 200 valence electrons. The number of fused-ring (bicyclic) bond motifs is 1. The molecule has 0 aliphatic heterocycles. The van der Waals surface area contributed by atoms with E-state index in [1.165, 1.54) is 11.1 Å². The van der Waals surface area contributed by atoms with Gasteiger partial charge in [-0.15, -0.1) is 0 Å². The maximum atomic E-state index is 13.5. The van der Waals surface area contributed by atoms with Crippen molar-refractivity contribution in [3.8, 4) is 0 Å². The van der Waals surface area contributed by atoms with Gasteiger partial charge in [0.2, 0.25) is 0 Å². The number of hydrogen-bond donors (Lipinski definition) is 1. The summed E-state index contributed by atoms with van der Waals surface area (Å²) in [6, 6.07) is 15.8. The molecule has 3 aliphatic rings. The lowest BCUT2D eigenvalue weighted by atomic mass is 9.59. The third kappa shape index (κ3) is 5.19. The van der Waals surface area contributed by atoms with Crippen LogP contribution in [0.5, 0.6) is 0 Å². The van der Waals surface area contributed by atoms with Crippen molar-refractivity contribution < 1.29 is 54.0 Å². The minimum absolute atomic E-state index is 0.0380. The zero-order valence-electron chi connectivity index (χ0n) is 19.0. The Hall–Kier alpha value is -3.06. The first-order valence-electron chi connectivity index (χ1n) is 11.2. The Morgan fingerprint density at radius 1 is 0.892 bits per heavy atom. The van der Waals surface area contributed by atoms with Gasteiger partial charge in [-0.1, -0.05) is 48.5 Å². The highest BCUT2D eigenvalue weighted by molar-refractivity contribution is 7.86. The SMILES string of the molecule is O=C(CCC(=O)OC(C(F)(F)F)C(F)(F)S(=O)(=O)O)OCC1CC2c3ccccc3C1c1ccccc12. The fourth-order valence-corrected chi connectivity index (χ4v) is 5.50. The molecule has 0 saturated heterocycles. The molecule has 13 heteroatoms. The van der Waals surface area contributed by atoms with E-state index in [1.54, 1.807) is 0 Å². The van der Waals surface area contributed by atoms with Crippen molar-refractivity contribution in [2.24, 2.45) is 5.92 Å². The minimum atomic E-state index is -6.55. The van der Waals surface area contributed by atoms with Gasteiger partial charge in [0.05, 0.1) is 19.4 Å². The van der Waals surface area contributed by atoms with Crippen LogP contribution in [0.4, 0.5) is 22.0 Å². The summed E-state index contributed by atoms with van der Waals surface area (Å²) >= 11 is 0. The van der Waals surface area contributed by atoms with Gasteiger partial charge in [0, 0.05) is 17.8 Å². The van der Waals surface area contributed by atoms with Crippen molar-refractivity contribution in [3.63, 3.8) is 0 Å². The van der Waals surface area contributed by atoms with Crippen molar-refractivity contribution in [1.82, 2.24) is 0 Å². The summed E-state index contributed by atoms with van der Waals surface area (Å²) in [5, 5.41) is -5.84. The Bertz CT molecular complexity index is 1260. The molecule has 0 spiro atoms. The molecule has 5 rings (SSSR count). The molecule has 0 amide bonds. The van der Waals surface area contributed by atoms with Crippen LogP contribution in [0.2, 0.25) is 0 Å². The molecule has 2 bridgehead atoms. The highest BCUT2D eigenvalue weighted by Gasteiger charge is 2.66. The highest BCUT2D eigenvalue weighted by Crippen LogP contribution is 2.55. The van der Waals surface area contributed by atoms with Gasteiger partial charge in [-0.05, 0) is 28.7 Å². The molecule has 2 aromatic rings. The number of esters is 2. The smallest absolute Gasteiger partial charge is 0.432 e. The van der Waals surface area contributed by atoms with Crippen molar-refractivity contribution in [2.75, 3.05) is 6.61 Å². The predicted octanol–water partition coefficient (Wildman–Crippen LogP) is 4.56. The molecule has 0 radical (unpaired) electrons. The number of rotatable bonds is 8. The van der Waals surface area contributed by atoms with Crippen LogP contribution in [0.1, 0.15) is 53.4 Å². The first-order chi connectivity index (χ1) is 17.2. The molecule has 37 heavy (non-hydrogen) atoms. The summed E-state index contributed by atoms with van der Waals surface area (Å²) in [6.07, 6.45) is -11.6. The van der Waals surface area contributed by atoms with E-state index in [-0.39, 0.29) is 24.4 Å². The topological polar surface area (TPSA) is 107 Å². The predicted molar refractivity (Wildman–Crippen MR) is 117 cm³/mol. The van der Waals surface area contributed by atoms with Gasteiger partial charge in [0.1, 0.15) is 0 Å². The van der Waals surface area contributed by atoms with E-state index in [0.29, 0.717) is 6.42 Å². The fourth-order valence-electron chi connectivity index (χ4n) is 5.05. The Kier molecular flexibility index (Phi) is 7.06. The molecular formula is C24H21F5O7S. The highest BCUT2D eigenvalue weighted by atomic mass is 32.2. The van der Waals surface area contributed by atoms with Crippen LogP contribution in [0.25, 0.3) is 0 Å². The Morgan fingerprint density at radius 3 is 1.86 bits per heavy atom. The molecule has 0 saturated carbocycles. The summed E-state index contributed by atoms with van der Waals surface area (Å²) in [4.78, 5) is 23.9. The number of carbonyl (C=O) groups is 2. The molecule has 0 heterocycles. The normalized spacial score (nSPS) is 21.5. The average Bonchev–Trinajstić information content (AvgIpc) is 2.83. The number of hydrogen-bond acceptors (Lipinski definition) is 6. The van der Waals surface area contributed by atoms with Crippen molar-refractivity contribution in [3.05, 3.63) is 70.8 Å². The maximum absolute atomic E-state index is 13.5. The van der Waals surface area contributed by atoms with Gasteiger partial charge in [-0.25, -0.2) is 0 Å². The average molecular weight is 548 g/mol. The molecule has 3 aliphatic carbocycles. The summed E-state index contributed by atoms with van der Waals surface area (Å²) < 4.78 is 104. The van der Waals surface area contributed by atoms with Crippen LogP contribution in [-0.2, 0) is 29.2 Å². The van der Waals surface area contributed by atoms with Gasteiger partial charge >= 0.3 is 33.5 Å². The minimum Gasteiger partial charge on any atom is -0.465 e. The lowest BCUT2D eigenvalue weighted by molar-refractivity contribution is -0.259. The summed E-state index contributed by atoms with van der Waals surface area (Å²) in [6.45, 7) is -0.0380. The van der Waals surface area contributed by atoms with Crippen molar-refractivity contribution in [2.45, 2.75) is 48.6 Å². The molecule has 1 N–H and O–H groups in total. The van der Waals surface area contributed by atoms with Crippen molar-refractivity contribution in [1.29, 1.82) is 0 Å². The third-order valence-electron chi connectivity index (χ3n) is 6.61. The fraction of sp³-hybridized carbons (Fsp3) is 0.417. The zero-order valence-corrected chi connectivity index (χ0v) is 19.8. The van der Waals surface area contributed by atoms with Crippen molar-refractivity contribution >= 4 is 22.1 Å². The number of benzene rings is 2. The van der Waals surface area contributed by atoms with Gasteiger partial charge < -0.3 is 9.47 Å². The summed E-state index contributed by atoms with van der Waals surface area (Å²) in [7, 11) is -6.55. The van der Waals surface area contributed by atoms with Crippen LogP contribution in [0.15, 0.2) is 48.5 Å². The third-order valence-corrected chi connectivity index (χ3v) is 7.51. The number of halogens is 5. The zero-order chi connectivity index (χ0) is 27.2. The lowest BCUT2D eigenvalue weighted by Crippen LogP contribution is -2.52. The largest absolute Gasteiger partial charge is 0.465 e. The van der Waals surface area contributed by atoms with Crippen LogP contribution in [0.3, 0.4) is 0 Å². The van der Waals surface area contributed by atoms with E-state index >= 15 is 0 Å². The molecule has 2 unspecified atom stereocenters. The van der Waals surface area contributed by atoms with E-state index in [4.69, 9.17) is 9.29 Å². The van der Waals surface area contributed by atoms with E-state index in [0.717, 1.165) is 11.1 Å². The quantitative estimate of drug-likeness (QED) is 0.293. The van der Waals surface area contributed by atoms with Gasteiger partial charge in [-0.2, -0.15) is 30.4 Å². The van der Waals surface area contributed by atoms with Crippen LogP contribution in [-0.4, -0.2) is 49.1 Å². The lowest BCUT2D eigenvalue weighted by Gasteiger charge is -2.45. The molecule has 0 fully saturated rings. The molecule has 0 aromatic heterocycles. The van der Waals surface area contributed by atoms with Crippen LogP contribution >= 0.6 is 0 Å². The van der Waals surface area contributed by atoms with Crippen LogP contribution < -0.4 is 0 Å². The second kappa shape index (κ2) is 9.67. The number of alkyl halides is 5. The van der Waals surface area contributed by atoms with Gasteiger partial charge in [-0.3, -0.25) is 14.1 Å². The molecule has 2 atom stereocenters. The Balaban J connectivity index is 1.36. The van der Waals surface area contributed by atoms with Gasteiger partial charge in [0.15, 0.2) is 0 Å². The number of ether oxygens (including phenoxy) is 2. The molecular weight excluding hydrogens is 527 g/mol. The second-order valence-electron chi connectivity index (χ2n) is 8.92. The van der Waals surface area contributed by atoms with E-state index in [9.17, 15) is 40.0 Å². The van der Waals surface area contributed by atoms with Gasteiger partial charge in [0.25, 0.3) is 6.10 Å². The van der Waals surface area contributed by atoms with E-state index < -0.39 is 52.4 Å². The Morgan fingerprint density at radius 2 is 1.38 bits per heavy atom. The monoisotopic (exact) mass is 548 g/mol. The molecule has 7 nitrogen and oxygen atoms in total. The molecule has 2 aromatic carbocycles. The standard InChI is InChI=1S/C24H21F5O7S/c25-23(26,27)22(24(28,29)37(32,33)34)36-20(31)10-9-19(30)35-12-13-11-18-14-5-1-3-7-16(14)21(13)17-8-4-2-6-15(17)18/h1-8,13,18,21-22H,9-12H2,(H,32,33,34). The van der Waals surface area contributed by atoms with E-state index in [1.807, 2.05) is 36.4 Å². The Labute approximate surface area is 208 Å². The maximum Gasteiger partial charge on any atom is 0.432 e. The first-order valence-corrected chi connectivity index (χ1v) is 12.6. The first kappa shape index (κ1) is 27.0. The van der Waals surface area contributed by atoms with E-state index in [2.05, 4.69) is 16.9 Å². The second-order valence-corrected chi connectivity index (χ2v) is 10.4.